The number of amides is 1. The molecule has 0 bridgehead atoms. The van der Waals surface area contributed by atoms with Crippen molar-refractivity contribution in [2.24, 2.45) is 11.7 Å². The summed E-state index contributed by atoms with van der Waals surface area (Å²) < 4.78 is 25.6. The van der Waals surface area contributed by atoms with Gasteiger partial charge in [0.05, 0.1) is 6.04 Å². The Balaban J connectivity index is 2.32. The highest BCUT2D eigenvalue weighted by atomic mass is 19.3. The molecule has 0 radical (unpaired) electrons. The number of rotatable bonds is 4. The Morgan fingerprint density at radius 2 is 2.10 bits per heavy atom. The molecule has 5 heteroatoms. The zero-order valence-electron chi connectivity index (χ0n) is 11.7. The predicted octanol–water partition coefficient (Wildman–Crippen LogP) is 2.88. The van der Waals surface area contributed by atoms with E-state index < -0.39 is 6.43 Å². The van der Waals surface area contributed by atoms with E-state index >= 15 is 0 Å². The number of halogens is 2. The smallest absolute Gasteiger partial charge is 0.263 e. The standard InChI is InChI=1S/C15H20F2N2O/c1-9(2)8-19-13(20)7-12(18)14(19)10-4-3-5-11(6-10)15(16)17/h3-6,9,12,14-15H,7-8,18H2,1-2H3. The topological polar surface area (TPSA) is 46.3 Å². The molecule has 110 valence electrons. The van der Waals surface area contributed by atoms with Crippen molar-refractivity contribution in [3.05, 3.63) is 35.4 Å². The summed E-state index contributed by atoms with van der Waals surface area (Å²) in [6.07, 6.45) is -2.24. The summed E-state index contributed by atoms with van der Waals surface area (Å²) in [6.45, 7) is 4.63. The van der Waals surface area contributed by atoms with Gasteiger partial charge in [-0.15, -0.1) is 0 Å². The van der Waals surface area contributed by atoms with E-state index in [4.69, 9.17) is 5.73 Å². The maximum atomic E-state index is 12.8. The molecule has 2 atom stereocenters. The highest BCUT2D eigenvalue weighted by Crippen LogP contribution is 2.34. The number of alkyl halides is 2. The van der Waals surface area contributed by atoms with Crippen molar-refractivity contribution in [1.29, 1.82) is 0 Å². The lowest BCUT2D eigenvalue weighted by molar-refractivity contribution is -0.129. The van der Waals surface area contributed by atoms with Gasteiger partial charge in [0.25, 0.3) is 6.43 Å². The molecular weight excluding hydrogens is 262 g/mol. The first-order valence-electron chi connectivity index (χ1n) is 6.83. The van der Waals surface area contributed by atoms with E-state index in [2.05, 4.69) is 0 Å². The minimum Gasteiger partial charge on any atom is -0.334 e. The van der Waals surface area contributed by atoms with Crippen molar-refractivity contribution < 1.29 is 13.6 Å². The Hall–Kier alpha value is -1.49. The Morgan fingerprint density at radius 3 is 2.70 bits per heavy atom. The number of benzene rings is 1. The average Bonchev–Trinajstić information content (AvgIpc) is 2.63. The number of likely N-dealkylation sites (tertiary alicyclic amines) is 1. The van der Waals surface area contributed by atoms with Gasteiger partial charge in [0, 0.05) is 24.6 Å². The third-order valence-electron chi connectivity index (χ3n) is 3.54. The molecule has 0 aromatic heterocycles. The second-order valence-electron chi connectivity index (χ2n) is 5.72. The largest absolute Gasteiger partial charge is 0.334 e. The van der Waals surface area contributed by atoms with Crippen LogP contribution in [-0.4, -0.2) is 23.4 Å². The summed E-state index contributed by atoms with van der Waals surface area (Å²) >= 11 is 0. The van der Waals surface area contributed by atoms with Gasteiger partial charge < -0.3 is 10.6 Å². The maximum absolute atomic E-state index is 12.8. The van der Waals surface area contributed by atoms with Gasteiger partial charge in [0.15, 0.2) is 0 Å². The lowest BCUT2D eigenvalue weighted by Gasteiger charge is -2.29. The third kappa shape index (κ3) is 2.98. The van der Waals surface area contributed by atoms with Crippen LogP contribution in [0.2, 0.25) is 0 Å². The zero-order chi connectivity index (χ0) is 14.9. The summed E-state index contributed by atoms with van der Waals surface area (Å²) in [6, 6.07) is 5.57. The highest BCUT2D eigenvalue weighted by Gasteiger charge is 2.38. The van der Waals surface area contributed by atoms with Crippen molar-refractivity contribution >= 4 is 5.91 Å². The lowest BCUT2D eigenvalue weighted by Crippen LogP contribution is -2.35. The molecule has 1 amide bonds. The van der Waals surface area contributed by atoms with Crippen molar-refractivity contribution in [1.82, 2.24) is 4.90 Å². The quantitative estimate of drug-likeness (QED) is 0.923. The van der Waals surface area contributed by atoms with Crippen LogP contribution in [-0.2, 0) is 4.79 Å². The monoisotopic (exact) mass is 282 g/mol. The van der Waals surface area contributed by atoms with Crippen molar-refractivity contribution in [3.8, 4) is 0 Å². The Morgan fingerprint density at radius 1 is 1.40 bits per heavy atom. The molecule has 1 aromatic carbocycles. The predicted molar refractivity (Wildman–Crippen MR) is 73.3 cm³/mol. The van der Waals surface area contributed by atoms with Gasteiger partial charge in [-0.25, -0.2) is 8.78 Å². The highest BCUT2D eigenvalue weighted by molar-refractivity contribution is 5.80. The summed E-state index contributed by atoms with van der Waals surface area (Å²) in [5, 5.41) is 0. The summed E-state index contributed by atoms with van der Waals surface area (Å²) in [4.78, 5) is 13.7. The van der Waals surface area contributed by atoms with Gasteiger partial charge in [-0.1, -0.05) is 32.0 Å². The van der Waals surface area contributed by atoms with Crippen LogP contribution in [0.5, 0.6) is 0 Å². The van der Waals surface area contributed by atoms with Gasteiger partial charge in [-0.05, 0) is 17.5 Å². The first-order chi connectivity index (χ1) is 9.40. The number of hydrogen-bond donors (Lipinski definition) is 1. The number of hydrogen-bond acceptors (Lipinski definition) is 2. The second-order valence-corrected chi connectivity index (χ2v) is 5.72. The molecule has 1 fully saturated rings. The van der Waals surface area contributed by atoms with Gasteiger partial charge in [0.2, 0.25) is 5.91 Å². The molecule has 0 saturated carbocycles. The summed E-state index contributed by atoms with van der Waals surface area (Å²) in [5.41, 5.74) is 6.71. The SMILES string of the molecule is CC(C)CN1C(=O)CC(N)C1c1cccc(C(F)F)c1. The van der Waals surface area contributed by atoms with Gasteiger partial charge in [-0.2, -0.15) is 0 Å². The van der Waals surface area contributed by atoms with Crippen molar-refractivity contribution in [3.63, 3.8) is 0 Å². The van der Waals surface area contributed by atoms with Crippen LogP contribution < -0.4 is 5.73 Å². The molecule has 2 unspecified atom stereocenters. The normalized spacial score (nSPS) is 23.1. The molecule has 2 N–H and O–H groups in total. The molecule has 1 saturated heterocycles. The van der Waals surface area contributed by atoms with E-state index in [1.807, 2.05) is 13.8 Å². The third-order valence-corrected chi connectivity index (χ3v) is 3.54. The zero-order valence-corrected chi connectivity index (χ0v) is 11.7. The summed E-state index contributed by atoms with van der Waals surface area (Å²) in [7, 11) is 0. The fourth-order valence-electron chi connectivity index (χ4n) is 2.73. The van der Waals surface area contributed by atoms with E-state index in [1.165, 1.54) is 12.1 Å². The maximum Gasteiger partial charge on any atom is 0.263 e. The van der Waals surface area contributed by atoms with Crippen LogP contribution in [0.1, 0.15) is 43.9 Å². The van der Waals surface area contributed by atoms with Gasteiger partial charge >= 0.3 is 0 Å². The molecule has 0 aliphatic carbocycles. The molecule has 1 aliphatic rings. The molecule has 1 aliphatic heterocycles. The van der Waals surface area contributed by atoms with Gasteiger partial charge in [0.1, 0.15) is 0 Å². The van der Waals surface area contributed by atoms with E-state index in [-0.39, 0.29) is 30.0 Å². The fraction of sp³-hybridized carbons (Fsp3) is 0.533. The van der Waals surface area contributed by atoms with Crippen LogP contribution in [0, 0.1) is 5.92 Å². The molecule has 1 heterocycles. The second kappa shape index (κ2) is 5.87. The first-order valence-corrected chi connectivity index (χ1v) is 6.83. The number of nitrogens with zero attached hydrogens (tertiary/aromatic N) is 1. The van der Waals surface area contributed by atoms with E-state index in [1.54, 1.807) is 17.0 Å². The molecule has 0 spiro atoms. The minimum absolute atomic E-state index is 0.00125. The minimum atomic E-state index is -2.51. The number of carbonyl (C=O) groups excluding carboxylic acids is 1. The van der Waals surface area contributed by atoms with Crippen molar-refractivity contribution in [2.45, 2.75) is 38.8 Å². The van der Waals surface area contributed by atoms with Gasteiger partial charge in [-0.3, -0.25) is 4.79 Å². The van der Waals surface area contributed by atoms with Crippen LogP contribution in [0.4, 0.5) is 8.78 Å². The summed E-state index contributed by atoms with van der Waals surface area (Å²) in [5.74, 6) is 0.309. The molecule has 3 nitrogen and oxygen atoms in total. The molecule has 20 heavy (non-hydrogen) atoms. The Labute approximate surface area is 117 Å². The molecule has 2 rings (SSSR count). The van der Waals surface area contributed by atoms with E-state index in [9.17, 15) is 13.6 Å². The molecule has 1 aromatic rings. The van der Waals surface area contributed by atoms with Crippen LogP contribution >= 0.6 is 0 Å². The van der Waals surface area contributed by atoms with E-state index in [0.29, 0.717) is 18.0 Å². The first kappa shape index (κ1) is 14.9. The fourth-order valence-corrected chi connectivity index (χ4v) is 2.73. The van der Waals surface area contributed by atoms with Crippen LogP contribution in [0.25, 0.3) is 0 Å². The van der Waals surface area contributed by atoms with Crippen LogP contribution in [0.15, 0.2) is 24.3 Å². The average molecular weight is 282 g/mol. The number of carbonyl (C=O) groups is 1. The van der Waals surface area contributed by atoms with E-state index in [0.717, 1.165) is 0 Å². The van der Waals surface area contributed by atoms with Crippen molar-refractivity contribution in [2.75, 3.05) is 6.54 Å². The molecular formula is C15H20F2N2O. The Bertz CT molecular complexity index is 491. The lowest BCUT2D eigenvalue weighted by atomic mass is 9.98. The number of nitrogens with two attached hydrogens (primary N) is 1. The Kier molecular flexibility index (Phi) is 4.38. The van der Waals surface area contributed by atoms with Crippen LogP contribution in [0.3, 0.4) is 0 Å².